The number of hydrogen-bond acceptors (Lipinski definition) is 3. The van der Waals surface area contributed by atoms with Gasteiger partial charge in [0.05, 0.1) is 6.10 Å². The second kappa shape index (κ2) is 8.43. The highest BCUT2D eigenvalue weighted by atomic mass is 127. The van der Waals surface area contributed by atoms with Crippen LogP contribution in [0.3, 0.4) is 0 Å². The van der Waals surface area contributed by atoms with Crippen LogP contribution in [0.2, 0.25) is 0 Å². The SMILES string of the molecule is CN=C(N)NCc1ccccc1CN1CCC(O)C1.I. The molecule has 1 aromatic carbocycles. The molecule has 0 saturated carbocycles. The summed E-state index contributed by atoms with van der Waals surface area (Å²) in [4.78, 5) is 6.16. The second-order valence-electron chi connectivity index (χ2n) is 4.91. The Hall–Kier alpha value is -0.860. The Morgan fingerprint density at radius 3 is 2.75 bits per heavy atom. The zero-order chi connectivity index (χ0) is 13.7. The largest absolute Gasteiger partial charge is 0.392 e. The number of likely N-dealkylation sites (tertiary alicyclic amines) is 1. The molecule has 5 nitrogen and oxygen atoms in total. The maximum absolute atomic E-state index is 9.57. The molecule has 2 rings (SSSR count). The quantitative estimate of drug-likeness (QED) is 0.406. The number of rotatable bonds is 4. The molecule has 1 unspecified atom stereocenters. The number of benzene rings is 1. The van der Waals surface area contributed by atoms with Gasteiger partial charge in [0, 0.05) is 33.2 Å². The topological polar surface area (TPSA) is 73.9 Å². The molecular formula is C14H23IN4O. The lowest BCUT2D eigenvalue weighted by Crippen LogP contribution is -2.31. The Morgan fingerprint density at radius 2 is 2.15 bits per heavy atom. The van der Waals surface area contributed by atoms with Crippen molar-refractivity contribution in [1.82, 2.24) is 10.2 Å². The highest BCUT2D eigenvalue weighted by Gasteiger charge is 2.20. The summed E-state index contributed by atoms with van der Waals surface area (Å²) in [7, 11) is 1.67. The standard InChI is InChI=1S/C14H22N4O.HI/c1-16-14(15)17-8-11-4-2-3-5-12(11)9-18-7-6-13(19)10-18;/h2-5,13,19H,6-10H2,1H3,(H3,15,16,17);1H. The predicted molar refractivity (Wildman–Crippen MR) is 92.1 cm³/mol. The van der Waals surface area contributed by atoms with Crippen LogP contribution in [-0.2, 0) is 13.1 Å². The Bertz CT molecular complexity index is 453. The van der Waals surface area contributed by atoms with E-state index in [1.165, 1.54) is 11.1 Å². The normalized spacial score (nSPS) is 19.7. The van der Waals surface area contributed by atoms with Crippen LogP contribution in [0, 0.1) is 0 Å². The maximum atomic E-state index is 9.57. The first-order valence-electron chi connectivity index (χ1n) is 6.62. The van der Waals surface area contributed by atoms with Crippen LogP contribution in [0.4, 0.5) is 0 Å². The average Bonchev–Trinajstić information content (AvgIpc) is 2.83. The third-order valence-corrected chi connectivity index (χ3v) is 3.46. The molecule has 112 valence electrons. The molecule has 4 N–H and O–H groups in total. The number of aliphatic hydroxyl groups is 1. The molecule has 1 aliphatic heterocycles. The lowest BCUT2D eigenvalue weighted by Gasteiger charge is -2.18. The van der Waals surface area contributed by atoms with Crippen LogP contribution in [0.15, 0.2) is 29.3 Å². The van der Waals surface area contributed by atoms with Crippen molar-refractivity contribution in [2.75, 3.05) is 20.1 Å². The van der Waals surface area contributed by atoms with Crippen molar-refractivity contribution < 1.29 is 5.11 Å². The Labute approximate surface area is 137 Å². The monoisotopic (exact) mass is 390 g/mol. The van der Waals surface area contributed by atoms with Gasteiger partial charge in [-0.1, -0.05) is 24.3 Å². The van der Waals surface area contributed by atoms with Crippen LogP contribution in [0.1, 0.15) is 17.5 Å². The number of nitrogens with zero attached hydrogens (tertiary/aromatic N) is 2. The van der Waals surface area contributed by atoms with E-state index in [1.807, 2.05) is 12.1 Å². The Morgan fingerprint density at radius 1 is 1.45 bits per heavy atom. The Balaban J connectivity index is 0.00000200. The van der Waals surface area contributed by atoms with Crippen LogP contribution in [-0.4, -0.2) is 42.2 Å². The van der Waals surface area contributed by atoms with Gasteiger partial charge in [0.1, 0.15) is 0 Å². The molecule has 0 aliphatic carbocycles. The van der Waals surface area contributed by atoms with Gasteiger partial charge in [-0.05, 0) is 17.5 Å². The summed E-state index contributed by atoms with van der Waals surface area (Å²) < 4.78 is 0. The van der Waals surface area contributed by atoms with E-state index in [9.17, 15) is 5.11 Å². The number of β-amino-alcohol motifs (C(OH)–C–C–N with tert-alkyl or cyclic N) is 1. The molecule has 6 heteroatoms. The van der Waals surface area contributed by atoms with Gasteiger partial charge in [-0.25, -0.2) is 0 Å². The van der Waals surface area contributed by atoms with Crippen LogP contribution < -0.4 is 11.1 Å². The molecule has 1 aromatic rings. The minimum atomic E-state index is -0.173. The van der Waals surface area contributed by atoms with Crippen LogP contribution >= 0.6 is 24.0 Å². The molecule has 1 heterocycles. The number of nitrogens with two attached hydrogens (primary N) is 1. The molecule has 1 saturated heterocycles. The van der Waals surface area contributed by atoms with Crippen molar-refractivity contribution >= 4 is 29.9 Å². The number of hydrogen-bond donors (Lipinski definition) is 3. The van der Waals surface area contributed by atoms with Gasteiger partial charge in [-0.3, -0.25) is 9.89 Å². The van der Waals surface area contributed by atoms with E-state index in [-0.39, 0.29) is 30.1 Å². The summed E-state index contributed by atoms with van der Waals surface area (Å²) in [5, 5.41) is 12.7. The maximum Gasteiger partial charge on any atom is 0.188 e. The predicted octanol–water partition coefficient (Wildman–Crippen LogP) is 0.905. The molecule has 0 aromatic heterocycles. The van der Waals surface area contributed by atoms with Gasteiger partial charge >= 0.3 is 0 Å². The average molecular weight is 390 g/mol. The van der Waals surface area contributed by atoms with E-state index < -0.39 is 0 Å². The van der Waals surface area contributed by atoms with E-state index in [0.717, 1.165) is 26.1 Å². The fourth-order valence-corrected chi connectivity index (χ4v) is 2.35. The lowest BCUT2D eigenvalue weighted by molar-refractivity contribution is 0.174. The van der Waals surface area contributed by atoms with Crippen molar-refractivity contribution in [2.24, 2.45) is 10.7 Å². The molecule has 0 amide bonds. The first kappa shape index (κ1) is 17.2. The van der Waals surface area contributed by atoms with Crippen molar-refractivity contribution in [2.45, 2.75) is 25.6 Å². The molecule has 1 fully saturated rings. The van der Waals surface area contributed by atoms with Gasteiger partial charge in [-0.15, -0.1) is 24.0 Å². The van der Waals surface area contributed by atoms with Gasteiger partial charge in [0.2, 0.25) is 0 Å². The van der Waals surface area contributed by atoms with Gasteiger partial charge in [0.25, 0.3) is 0 Å². The molecule has 1 aliphatic rings. The summed E-state index contributed by atoms with van der Waals surface area (Å²) in [5.74, 6) is 0.450. The minimum Gasteiger partial charge on any atom is -0.392 e. The fraction of sp³-hybridized carbons (Fsp3) is 0.500. The molecular weight excluding hydrogens is 367 g/mol. The van der Waals surface area contributed by atoms with Crippen molar-refractivity contribution in [1.29, 1.82) is 0 Å². The number of halogens is 1. The first-order chi connectivity index (χ1) is 9.19. The second-order valence-corrected chi connectivity index (χ2v) is 4.91. The highest BCUT2D eigenvalue weighted by molar-refractivity contribution is 14.0. The summed E-state index contributed by atoms with van der Waals surface area (Å²) in [5.41, 5.74) is 8.14. The van der Waals surface area contributed by atoms with Crippen LogP contribution in [0.5, 0.6) is 0 Å². The van der Waals surface area contributed by atoms with Crippen molar-refractivity contribution in [3.63, 3.8) is 0 Å². The number of guanidine groups is 1. The fourth-order valence-electron chi connectivity index (χ4n) is 2.35. The summed E-state index contributed by atoms with van der Waals surface area (Å²) >= 11 is 0. The number of aliphatic hydroxyl groups excluding tert-OH is 1. The zero-order valence-electron chi connectivity index (χ0n) is 11.7. The summed E-state index contributed by atoms with van der Waals surface area (Å²) in [6.07, 6.45) is 0.698. The van der Waals surface area contributed by atoms with Gasteiger partial charge in [-0.2, -0.15) is 0 Å². The summed E-state index contributed by atoms with van der Waals surface area (Å²) in [6, 6.07) is 8.29. The van der Waals surface area contributed by atoms with Crippen molar-refractivity contribution in [3.8, 4) is 0 Å². The minimum absolute atomic E-state index is 0. The molecule has 0 bridgehead atoms. The molecule has 0 radical (unpaired) electrons. The first-order valence-corrected chi connectivity index (χ1v) is 6.62. The van der Waals surface area contributed by atoms with Crippen LogP contribution in [0.25, 0.3) is 0 Å². The molecule has 0 spiro atoms. The zero-order valence-corrected chi connectivity index (χ0v) is 14.1. The Kier molecular flexibility index (Phi) is 7.25. The van der Waals surface area contributed by atoms with Gasteiger partial charge in [0.15, 0.2) is 5.96 Å². The van der Waals surface area contributed by atoms with E-state index in [0.29, 0.717) is 12.5 Å². The molecule has 1 atom stereocenters. The smallest absolute Gasteiger partial charge is 0.188 e. The summed E-state index contributed by atoms with van der Waals surface area (Å²) in [6.45, 7) is 3.27. The third kappa shape index (κ3) is 4.92. The highest BCUT2D eigenvalue weighted by Crippen LogP contribution is 2.16. The van der Waals surface area contributed by atoms with E-state index >= 15 is 0 Å². The lowest BCUT2D eigenvalue weighted by atomic mass is 10.1. The van der Waals surface area contributed by atoms with Gasteiger partial charge < -0.3 is 16.2 Å². The number of aliphatic imine (C=N–C) groups is 1. The molecule has 20 heavy (non-hydrogen) atoms. The van der Waals surface area contributed by atoms with E-state index in [2.05, 4.69) is 27.3 Å². The van der Waals surface area contributed by atoms with E-state index in [4.69, 9.17) is 5.73 Å². The third-order valence-electron chi connectivity index (χ3n) is 3.46. The van der Waals surface area contributed by atoms with E-state index in [1.54, 1.807) is 7.05 Å². The number of nitrogens with one attached hydrogen (secondary N) is 1. The van der Waals surface area contributed by atoms with Crippen molar-refractivity contribution in [3.05, 3.63) is 35.4 Å².